The quantitative estimate of drug-likeness (QED) is 0.858. The SMILES string of the molecule is CNC(CN1CCCC1)c1cc(C)ccc1C. The number of nitrogens with one attached hydrogen (secondary N) is 1. The molecular formula is C15H24N2. The van der Waals surface area contributed by atoms with Crippen molar-refractivity contribution in [3.8, 4) is 0 Å². The second-order valence-corrected chi connectivity index (χ2v) is 5.21. The summed E-state index contributed by atoms with van der Waals surface area (Å²) in [6, 6.07) is 7.22. The Morgan fingerprint density at radius 3 is 2.59 bits per heavy atom. The molecule has 0 radical (unpaired) electrons. The van der Waals surface area contributed by atoms with E-state index in [9.17, 15) is 0 Å². The Hall–Kier alpha value is -0.860. The van der Waals surface area contributed by atoms with Gasteiger partial charge in [-0.2, -0.15) is 0 Å². The zero-order chi connectivity index (χ0) is 12.3. The molecular weight excluding hydrogens is 208 g/mol. The first kappa shape index (κ1) is 12.6. The van der Waals surface area contributed by atoms with Gasteiger partial charge in [0.2, 0.25) is 0 Å². The summed E-state index contributed by atoms with van der Waals surface area (Å²) in [5.41, 5.74) is 4.21. The standard InChI is InChI=1S/C15H24N2/c1-12-6-7-13(2)14(10-12)15(16-3)11-17-8-4-5-9-17/h6-7,10,15-16H,4-5,8-9,11H2,1-3H3. The highest BCUT2D eigenvalue weighted by molar-refractivity contribution is 5.33. The van der Waals surface area contributed by atoms with Crippen LogP contribution in [0.5, 0.6) is 0 Å². The van der Waals surface area contributed by atoms with Gasteiger partial charge in [0.25, 0.3) is 0 Å². The monoisotopic (exact) mass is 232 g/mol. The van der Waals surface area contributed by atoms with Crippen molar-refractivity contribution in [2.24, 2.45) is 0 Å². The zero-order valence-electron chi connectivity index (χ0n) is 11.3. The molecule has 0 spiro atoms. The largest absolute Gasteiger partial charge is 0.312 e. The summed E-state index contributed by atoms with van der Waals surface area (Å²) in [6.45, 7) is 8.06. The second-order valence-electron chi connectivity index (χ2n) is 5.21. The average molecular weight is 232 g/mol. The smallest absolute Gasteiger partial charge is 0.0449 e. The third-order valence-corrected chi connectivity index (χ3v) is 3.80. The van der Waals surface area contributed by atoms with Crippen molar-refractivity contribution in [1.82, 2.24) is 10.2 Å². The van der Waals surface area contributed by atoms with Gasteiger partial charge in [0, 0.05) is 12.6 Å². The van der Waals surface area contributed by atoms with Crippen LogP contribution in [-0.2, 0) is 0 Å². The molecule has 0 amide bonds. The fourth-order valence-corrected chi connectivity index (χ4v) is 2.70. The van der Waals surface area contributed by atoms with Crippen LogP contribution in [0.2, 0.25) is 0 Å². The third-order valence-electron chi connectivity index (χ3n) is 3.80. The minimum atomic E-state index is 0.466. The summed E-state index contributed by atoms with van der Waals surface area (Å²) in [4.78, 5) is 2.57. The van der Waals surface area contributed by atoms with E-state index in [1.165, 1.54) is 42.6 Å². The van der Waals surface area contributed by atoms with Crippen LogP contribution in [0.15, 0.2) is 18.2 Å². The molecule has 1 N–H and O–H groups in total. The molecule has 1 fully saturated rings. The van der Waals surface area contributed by atoms with E-state index in [0.717, 1.165) is 6.54 Å². The van der Waals surface area contributed by atoms with Crippen LogP contribution >= 0.6 is 0 Å². The molecule has 2 heteroatoms. The predicted octanol–water partition coefficient (Wildman–Crippen LogP) is 2.66. The number of aryl methyl sites for hydroxylation is 2. The topological polar surface area (TPSA) is 15.3 Å². The normalized spacial score (nSPS) is 18.5. The highest BCUT2D eigenvalue weighted by Crippen LogP contribution is 2.21. The molecule has 1 aromatic carbocycles. The lowest BCUT2D eigenvalue weighted by Gasteiger charge is -2.25. The molecule has 2 rings (SSSR count). The Bertz CT molecular complexity index is 367. The minimum Gasteiger partial charge on any atom is -0.312 e. The molecule has 1 heterocycles. The second kappa shape index (κ2) is 5.65. The maximum atomic E-state index is 3.47. The lowest BCUT2D eigenvalue weighted by atomic mass is 9.98. The minimum absolute atomic E-state index is 0.466. The van der Waals surface area contributed by atoms with Crippen LogP contribution in [0.4, 0.5) is 0 Å². The van der Waals surface area contributed by atoms with Gasteiger partial charge in [-0.1, -0.05) is 23.8 Å². The van der Waals surface area contributed by atoms with Crippen molar-refractivity contribution >= 4 is 0 Å². The van der Waals surface area contributed by atoms with Crippen LogP contribution in [0.25, 0.3) is 0 Å². The van der Waals surface area contributed by atoms with Gasteiger partial charge in [-0.3, -0.25) is 0 Å². The fraction of sp³-hybridized carbons (Fsp3) is 0.600. The van der Waals surface area contributed by atoms with Gasteiger partial charge in [0.05, 0.1) is 0 Å². The number of nitrogens with zero attached hydrogens (tertiary/aromatic N) is 1. The molecule has 1 unspecified atom stereocenters. The maximum Gasteiger partial charge on any atom is 0.0449 e. The van der Waals surface area contributed by atoms with Crippen molar-refractivity contribution in [2.75, 3.05) is 26.7 Å². The molecule has 0 aliphatic carbocycles. The van der Waals surface area contributed by atoms with Gasteiger partial charge in [0.1, 0.15) is 0 Å². The predicted molar refractivity (Wildman–Crippen MR) is 73.4 cm³/mol. The summed E-state index contributed by atoms with van der Waals surface area (Å²) < 4.78 is 0. The first-order valence-corrected chi connectivity index (χ1v) is 6.67. The summed E-state index contributed by atoms with van der Waals surface area (Å²) >= 11 is 0. The van der Waals surface area contributed by atoms with Crippen molar-refractivity contribution in [3.63, 3.8) is 0 Å². The first-order valence-electron chi connectivity index (χ1n) is 6.67. The van der Waals surface area contributed by atoms with Crippen LogP contribution in [0.3, 0.4) is 0 Å². The van der Waals surface area contributed by atoms with E-state index in [0.29, 0.717) is 6.04 Å². The van der Waals surface area contributed by atoms with Crippen LogP contribution in [-0.4, -0.2) is 31.6 Å². The molecule has 1 aliphatic heterocycles. The van der Waals surface area contributed by atoms with E-state index in [4.69, 9.17) is 0 Å². The summed E-state index contributed by atoms with van der Waals surface area (Å²) in [6.07, 6.45) is 2.73. The molecule has 0 aromatic heterocycles. The molecule has 2 nitrogen and oxygen atoms in total. The van der Waals surface area contributed by atoms with Crippen LogP contribution in [0.1, 0.15) is 35.6 Å². The number of likely N-dealkylation sites (N-methyl/N-ethyl adjacent to an activating group) is 1. The Kier molecular flexibility index (Phi) is 4.19. The van der Waals surface area contributed by atoms with Crippen LogP contribution in [0, 0.1) is 13.8 Å². The summed E-state index contributed by atoms with van der Waals surface area (Å²) in [5, 5.41) is 3.47. The lowest BCUT2D eigenvalue weighted by molar-refractivity contribution is 0.299. The van der Waals surface area contributed by atoms with Crippen molar-refractivity contribution in [2.45, 2.75) is 32.7 Å². The van der Waals surface area contributed by atoms with E-state index in [1.54, 1.807) is 0 Å². The fourth-order valence-electron chi connectivity index (χ4n) is 2.70. The third kappa shape index (κ3) is 3.08. The molecule has 1 aromatic rings. The van der Waals surface area contributed by atoms with E-state index in [1.807, 2.05) is 0 Å². The van der Waals surface area contributed by atoms with Gasteiger partial charge >= 0.3 is 0 Å². The lowest BCUT2D eigenvalue weighted by Crippen LogP contribution is -2.32. The van der Waals surface area contributed by atoms with Crippen LogP contribution < -0.4 is 5.32 Å². The van der Waals surface area contributed by atoms with Gasteiger partial charge in [0.15, 0.2) is 0 Å². The molecule has 1 aliphatic rings. The zero-order valence-corrected chi connectivity index (χ0v) is 11.3. The molecule has 0 saturated carbocycles. The molecule has 1 atom stereocenters. The summed E-state index contributed by atoms with van der Waals surface area (Å²) in [7, 11) is 2.07. The first-order chi connectivity index (χ1) is 8.20. The van der Waals surface area contributed by atoms with Crippen molar-refractivity contribution in [3.05, 3.63) is 34.9 Å². The maximum absolute atomic E-state index is 3.47. The Labute approximate surface area is 105 Å². The number of hydrogen-bond acceptors (Lipinski definition) is 2. The highest BCUT2D eigenvalue weighted by Gasteiger charge is 2.18. The molecule has 1 saturated heterocycles. The van der Waals surface area contributed by atoms with Gasteiger partial charge in [-0.15, -0.1) is 0 Å². The molecule has 17 heavy (non-hydrogen) atoms. The van der Waals surface area contributed by atoms with E-state index in [2.05, 4.69) is 49.3 Å². The van der Waals surface area contributed by atoms with E-state index >= 15 is 0 Å². The van der Waals surface area contributed by atoms with Crippen molar-refractivity contribution < 1.29 is 0 Å². The van der Waals surface area contributed by atoms with E-state index in [-0.39, 0.29) is 0 Å². The number of benzene rings is 1. The molecule has 0 bridgehead atoms. The Balaban J connectivity index is 2.13. The van der Waals surface area contributed by atoms with Gasteiger partial charge in [-0.05, 0) is 58.0 Å². The van der Waals surface area contributed by atoms with Gasteiger partial charge < -0.3 is 10.2 Å². The molecule has 94 valence electrons. The van der Waals surface area contributed by atoms with Crippen molar-refractivity contribution in [1.29, 1.82) is 0 Å². The average Bonchev–Trinajstić information content (AvgIpc) is 2.82. The number of likely N-dealkylation sites (tertiary alicyclic amines) is 1. The van der Waals surface area contributed by atoms with E-state index < -0.39 is 0 Å². The Morgan fingerprint density at radius 1 is 1.24 bits per heavy atom. The number of rotatable bonds is 4. The Morgan fingerprint density at radius 2 is 1.94 bits per heavy atom. The number of hydrogen-bond donors (Lipinski definition) is 1. The summed E-state index contributed by atoms with van der Waals surface area (Å²) in [5.74, 6) is 0. The van der Waals surface area contributed by atoms with Gasteiger partial charge in [-0.25, -0.2) is 0 Å². The highest BCUT2D eigenvalue weighted by atomic mass is 15.2.